The Kier molecular flexibility index (Phi) is 5.26. The maximum absolute atomic E-state index is 13.0. The first-order chi connectivity index (χ1) is 12.0. The van der Waals surface area contributed by atoms with Gasteiger partial charge in [-0.05, 0) is 17.7 Å². The van der Waals surface area contributed by atoms with Crippen LogP contribution in [0.2, 0.25) is 10.0 Å². The van der Waals surface area contributed by atoms with E-state index in [1.807, 2.05) is 6.07 Å². The van der Waals surface area contributed by atoms with Crippen LogP contribution in [-0.4, -0.2) is 18.7 Å². The monoisotopic (exact) mass is 374 g/mol. The molecule has 0 radical (unpaired) electrons. The quantitative estimate of drug-likeness (QED) is 0.553. The third-order valence-electron chi connectivity index (χ3n) is 4.41. The fourth-order valence-corrected chi connectivity index (χ4v) is 3.89. The number of hydrogen-bond donors (Lipinski definition) is 0. The van der Waals surface area contributed by atoms with Crippen molar-refractivity contribution in [3.63, 3.8) is 0 Å². The van der Waals surface area contributed by atoms with Gasteiger partial charge in [0, 0.05) is 34.0 Å². The van der Waals surface area contributed by atoms with Crippen LogP contribution in [0.1, 0.15) is 28.3 Å². The molecular weight excluding hydrogens is 359 g/mol. The lowest BCUT2D eigenvalue weighted by atomic mass is 9.73. The number of Topliss-reactive ketones (excluding diaryl/α,β-unsaturated/α-hetero) is 1. The Balaban J connectivity index is 2.11. The van der Waals surface area contributed by atoms with E-state index in [9.17, 15) is 9.59 Å². The van der Waals surface area contributed by atoms with Gasteiger partial charge in [0.1, 0.15) is 0 Å². The van der Waals surface area contributed by atoms with Gasteiger partial charge in [0.05, 0.1) is 18.8 Å². The number of hydrogen-bond acceptors (Lipinski definition) is 3. The van der Waals surface area contributed by atoms with E-state index in [4.69, 9.17) is 27.9 Å². The SMILES string of the molecule is COC1=CC(=O)C(C(=O)c2ccccc2)C(c2c(Cl)cccc2Cl)C1. The zero-order valence-electron chi connectivity index (χ0n) is 13.5. The van der Waals surface area contributed by atoms with Crippen molar-refractivity contribution in [3.8, 4) is 0 Å². The zero-order chi connectivity index (χ0) is 18.0. The molecule has 0 spiro atoms. The lowest BCUT2D eigenvalue weighted by Crippen LogP contribution is -2.33. The Morgan fingerprint density at radius 1 is 1.04 bits per heavy atom. The highest BCUT2D eigenvalue weighted by Crippen LogP contribution is 2.43. The molecule has 0 saturated heterocycles. The van der Waals surface area contributed by atoms with Crippen LogP contribution in [0, 0.1) is 5.92 Å². The molecule has 0 saturated carbocycles. The van der Waals surface area contributed by atoms with E-state index >= 15 is 0 Å². The highest BCUT2D eigenvalue weighted by Gasteiger charge is 2.40. The van der Waals surface area contributed by atoms with Crippen molar-refractivity contribution in [3.05, 3.63) is 81.5 Å². The highest BCUT2D eigenvalue weighted by atomic mass is 35.5. The van der Waals surface area contributed by atoms with E-state index in [1.165, 1.54) is 13.2 Å². The van der Waals surface area contributed by atoms with Crippen LogP contribution < -0.4 is 0 Å². The molecule has 0 heterocycles. The van der Waals surface area contributed by atoms with Crippen molar-refractivity contribution < 1.29 is 14.3 Å². The second-order valence-corrected chi connectivity index (χ2v) is 6.69. The van der Waals surface area contributed by atoms with E-state index in [2.05, 4.69) is 0 Å². The predicted octanol–water partition coefficient (Wildman–Crippen LogP) is 5.08. The third kappa shape index (κ3) is 3.48. The summed E-state index contributed by atoms with van der Waals surface area (Å²) in [6, 6.07) is 13.9. The van der Waals surface area contributed by atoms with Crippen molar-refractivity contribution in [1.82, 2.24) is 0 Å². The number of methoxy groups -OCH3 is 1. The van der Waals surface area contributed by atoms with Gasteiger partial charge in [0.25, 0.3) is 0 Å². The number of benzene rings is 2. The number of allylic oxidation sites excluding steroid dienone is 2. The number of halogens is 2. The number of ether oxygens (including phenoxy) is 1. The first-order valence-corrected chi connectivity index (χ1v) is 8.60. The van der Waals surface area contributed by atoms with Crippen molar-refractivity contribution >= 4 is 34.8 Å². The normalized spacial score (nSPS) is 20.1. The molecule has 128 valence electrons. The van der Waals surface area contributed by atoms with Gasteiger partial charge in [0.2, 0.25) is 0 Å². The van der Waals surface area contributed by atoms with E-state index in [1.54, 1.807) is 42.5 Å². The van der Waals surface area contributed by atoms with E-state index in [0.29, 0.717) is 33.4 Å². The second-order valence-electron chi connectivity index (χ2n) is 5.87. The number of ketones is 2. The van der Waals surface area contributed by atoms with E-state index < -0.39 is 11.8 Å². The summed E-state index contributed by atoms with van der Waals surface area (Å²) in [6.07, 6.45) is 1.78. The van der Waals surface area contributed by atoms with Gasteiger partial charge in [-0.2, -0.15) is 0 Å². The summed E-state index contributed by atoms with van der Waals surface area (Å²) in [4.78, 5) is 25.8. The summed E-state index contributed by atoms with van der Waals surface area (Å²) in [5.41, 5.74) is 1.10. The Morgan fingerprint density at radius 2 is 1.68 bits per heavy atom. The molecule has 2 atom stereocenters. The molecule has 2 unspecified atom stereocenters. The second kappa shape index (κ2) is 7.42. The van der Waals surface area contributed by atoms with Crippen LogP contribution >= 0.6 is 23.2 Å². The maximum Gasteiger partial charge on any atom is 0.174 e. The molecule has 0 bridgehead atoms. The van der Waals surface area contributed by atoms with E-state index in [0.717, 1.165) is 0 Å². The highest BCUT2D eigenvalue weighted by molar-refractivity contribution is 6.36. The van der Waals surface area contributed by atoms with Crippen molar-refractivity contribution in [2.45, 2.75) is 12.3 Å². The number of carbonyl (C=O) groups is 2. The molecule has 3 rings (SSSR count). The molecule has 2 aromatic rings. The Morgan fingerprint density at radius 3 is 2.28 bits per heavy atom. The average molecular weight is 375 g/mol. The number of rotatable bonds is 4. The van der Waals surface area contributed by atoms with Crippen LogP contribution in [0.3, 0.4) is 0 Å². The summed E-state index contributed by atoms with van der Waals surface area (Å²) in [5.74, 6) is -1.36. The molecule has 25 heavy (non-hydrogen) atoms. The van der Waals surface area contributed by atoms with Crippen LogP contribution in [0.4, 0.5) is 0 Å². The van der Waals surface area contributed by atoms with Gasteiger partial charge in [-0.1, -0.05) is 59.6 Å². The molecule has 0 N–H and O–H groups in total. The topological polar surface area (TPSA) is 43.4 Å². The summed E-state index contributed by atoms with van der Waals surface area (Å²) in [5, 5.41) is 0.877. The fraction of sp³-hybridized carbons (Fsp3) is 0.200. The first kappa shape index (κ1) is 17.7. The molecule has 2 aromatic carbocycles. The zero-order valence-corrected chi connectivity index (χ0v) is 15.1. The lowest BCUT2D eigenvalue weighted by molar-refractivity contribution is -0.118. The molecule has 1 aliphatic rings. The molecule has 1 aliphatic carbocycles. The van der Waals surface area contributed by atoms with Crippen molar-refractivity contribution in [2.24, 2.45) is 5.92 Å². The Labute approximate surface area is 156 Å². The predicted molar refractivity (Wildman–Crippen MR) is 98.2 cm³/mol. The van der Waals surface area contributed by atoms with Gasteiger partial charge in [-0.25, -0.2) is 0 Å². The van der Waals surface area contributed by atoms with Crippen LogP contribution in [0.5, 0.6) is 0 Å². The summed E-state index contributed by atoms with van der Waals surface area (Å²) in [6.45, 7) is 0. The lowest BCUT2D eigenvalue weighted by Gasteiger charge is -2.30. The smallest absolute Gasteiger partial charge is 0.174 e. The maximum atomic E-state index is 13.0. The van der Waals surface area contributed by atoms with Gasteiger partial charge >= 0.3 is 0 Å². The molecule has 0 aliphatic heterocycles. The van der Waals surface area contributed by atoms with Crippen molar-refractivity contribution in [2.75, 3.05) is 7.11 Å². The summed E-state index contributed by atoms with van der Waals surface area (Å²) >= 11 is 12.7. The van der Waals surface area contributed by atoms with Crippen LogP contribution in [-0.2, 0) is 9.53 Å². The van der Waals surface area contributed by atoms with Gasteiger partial charge in [-0.3, -0.25) is 9.59 Å². The van der Waals surface area contributed by atoms with E-state index in [-0.39, 0.29) is 11.6 Å². The molecule has 5 heteroatoms. The number of carbonyl (C=O) groups excluding carboxylic acids is 2. The Hall–Kier alpha value is -2.10. The molecule has 0 aromatic heterocycles. The first-order valence-electron chi connectivity index (χ1n) is 7.84. The van der Waals surface area contributed by atoms with Gasteiger partial charge in [-0.15, -0.1) is 0 Å². The standard InChI is InChI=1S/C20H16Cl2O3/c1-25-13-10-14(18-15(21)8-5-9-16(18)22)19(17(23)11-13)20(24)12-6-3-2-4-7-12/h2-9,11,14,19H,10H2,1H3. The molecular formula is C20H16Cl2O3. The summed E-state index contributed by atoms with van der Waals surface area (Å²) < 4.78 is 5.27. The average Bonchev–Trinajstić information content (AvgIpc) is 2.61. The fourth-order valence-electron chi connectivity index (χ4n) is 3.21. The minimum absolute atomic E-state index is 0.238. The van der Waals surface area contributed by atoms with Crippen LogP contribution in [0.15, 0.2) is 60.4 Å². The van der Waals surface area contributed by atoms with Gasteiger partial charge in [0.15, 0.2) is 11.6 Å². The van der Waals surface area contributed by atoms with Crippen LogP contribution in [0.25, 0.3) is 0 Å². The summed E-state index contributed by atoms with van der Waals surface area (Å²) in [7, 11) is 1.50. The van der Waals surface area contributed by atoms with Gasteiger partial charge < -0.3 is 4.74 Å². The minimum atomic E-state index is -0.876. The Bertz CT molecular complexity index is 823. The third-order valence-corrected chi connectivity index (χ3v) is 5.07. The molecule has 3 nitrogen and oxygen atoms in total. The van der Waals surface area contributed by atoms with Crippen molar-refractivity contribution in [1.29, 1.82) is 0 Å². The minimum Gasteiger partial charge on any atom is -0.501 e. The molecule has 0 fully saturated rings. The molecule has 0 amide bonds. The largest absolute Gasteiger partial charge is 0.501 e.